The van der Waals surface area contributed by atoms with Gasteiger partial charge in [0.05, 0.1) is 17.4 Å². The summed E-state index contributed by atoms with van der Waals surface area (Å²) in [4.78, 5) is 10.3. The SMILES string of the molecule is CCN1CCC(c2cc(F)c(Nc3ncc(Cl)c(Nc4cc(C)[nH]n4)n3)cc2C(F)(F)F)CC1. The van der Waals surface area contributed by atoms with Crippen molar-refractivity contribution in [2.45, 2.75) is 38.8 Å². The van der Waals surface area contributed by atoms with E-state index in [-0.39, 0.29) is 34.0 Å². The Balaban J connectivity index is 1.62. The van der Waals surface area contributed by atoms with Crippen LogP contribution in [0.4, 0.5) is 40.8 Å². The average Bonchev–Trinajstić information content (AvgIpc) is 3.21. The van der Waals surface area contributed by atoms with Gasteiger partial charge in [0.1, 0.15) is 10.8 Å². The fourth-order valence-corrected chi connectivity index (χ4v) is 4.21. The zero-order chi connectivity index (χ0) is 24.5. The molecule has 0 unspecified atom stereocenters. The minimum atomic E-state index is -4.63. The summed E-state index contributed by atoms with van der Waals surface area (Å²) in [6, 6.07) is 3.49. The zero-order valence-electron chi connectivity index (χ0n) is 18.6. The largest absolute Gasteiger partial charge is 0.416 e. The lowest BCUT2D eigenvalue weighted by Crippen LogP contribution is -2.33. The van der Waals surface area contributed by atoms with Crippen LogP contribution < -0.4 is 10.6 Å². The van der Waals surface area contributed by atoms with Crippen molar-refractivity contribution in [3.05, 3.63) is 52.1 Å². The number of aromatic nitrogens is 4. The molecule has 7 nitrogen and oxygen atoms in total. The molecule has 1 fully saturated rings. The Morgan fingerprint density at radius 3 is 2.53 bits per heavy atom. The molecule has 1 aliphatic heterocycles. The molecule has 34 heavy (non-hydrogen) atoms. The summed E-state index contributed by atoms with van der Waals surface area (Å²) in [7, 11) is 0. The second kappa shape index (κ2) is 9.75. The van der Waals surface area contributed by atoms with Crippen LogP contribution in [0.2, 0.25) is 5.02 Å². The number of halogens is 5. The molecule has 3 heterocycles. The number of likely N-dealkylation sites (tertiary alicyclic amines) is 1. The van der Waals surface area contributed by atoms with Crippen LogP contribution in [0, 0.1) is 12.7 Å². The Bertz CT molecular complexity index is 1160. The molecule has 0 amide bonds. The molecule has 1 saturated heterocycles. The van der Waals surface area contributed by atoms with Crippen molar-refractivity contribution in [2.24, 2.45) is 0 Å². The maximum Gasteiger partial charge on any atom is 0.416 e. The van der Waals surface area contributed by atoms with Crippen LogP contribution in [0.1, 0.15) is 42.5 Å². The van der Waals surface area contributed by atoms with E-state index in [1.165, 1.54) is 6.20 Å². The van der Waals surface area contributed by atoms with Crippen molar-refractivity contribution < 1.29 is 17.6 Å². The number of piperidine rings is 1. The quantitative estimate of drug-likeness (QED) is 0.362. The molecule has 1 aliphatic rings. The lowest BCUT2D eigenvalue weighted by atomic mass is 9.86. The Kier molecular flexibility index (Phi) is 6.94. The lowest BCUT2D eigenvalue weighted by Gasteiger charge is -2.32. The van der Waals surface area contributed by atoms with Crippen molar-refractivity contribution in [3.8, 4) is 0 Å². The molecule has 182 valence electrons. The standard InChI is InChI=1S/C22H24ClF4N7/c1-3-34-6-4-13(5-7-34)14-9-17(24)18(10-15(14)22(25,26)27)29-21-28-11-16(23)20(31-21)30-19-8-12(2)32-33-19/h8-11,13H,3-7H2,1-2H3,(H3,28,29,30,31,32,33). The predicted octanol–water partition coefficient (Wildman–Crippen LogP) is 6.01. The first-order chi connectivity index (χ1) is 16.1. The predicted molar refractivity (Wildman–Crippen MR) is 122 cm³/mol. The van der Waals surface area contributed by atoms with Gasteiger partial charge in [0, 0.05) is 11.8 Å². The Morgan fingerprint density at radius 1 is 1.18 bits per heavy atom. The van der Waals surface area contributed by atoms with Gasteiger partial charge >= 0.3 is 6.18 Å². The highest BCUT2D eigenvalue weighted by molar-refractivity contribution is 6.32. The lowest BCUT2D eigenvalue weighted by molar-refractivity contribution is -0.138. The van der Waals surface area contributed by atoms with Crippen molar-refractivity contribution in [3.63, 3.8) is 0 Å². The third kappa shape index (κ3) is 5.41. The second-order valence-electron chi connectivity index (χ2n) is 8.20. The van der Waals surface area contributed by atoms with Gasteiger partial charge in [0.25, 0.3) is 0 Å². The van der Waals surface area contributed by atoms with Crippen LogP contribution in [0.3, 0.4) is 0 Å². The molecular weight excluding hydrogens is 474 g/mol. The topological polar surface area (TPSA) is 81.8 Å². The molecule has 2 aromatic heterocycles. The Hall–Kier alpha value is -2.92. The van der Waals surface area contributed by atoms with Crippen molar-refractivity contribution >= 4 is 34.9 Å². The van der Waals surface area contributed by atoms with Crippen LogP contribution >= 0.6 is 11.6 Å². The normalized spacial score (nSPS) is 15.5. The molecule has 3 N–H and O–H groups in total. The number of aromatic amines is 1. The summed E-state index contributed by atoms with van der Waals surface area (Å²) in [5.74, 6) is -0.676. The van der Waals surface area contributed by atoms with Gasteiger partial charge in [-0.25, -0.2) is 9.37 Å². The third-order valence-electron chi connectivity index (χ3n) is 5.86. The van der Waals surface area contributed by atoms with Gasteiger partial charge in [-0.2, -0.15) is 23.3 Å². The highest BCUT2D eigenvalue weighted by Crippen LogP contribution is 2.41. The molecule has 0 bridgehead atoms. The maximum atomic E-state index is 15.0. The van der Waals surface area contributed by atoms with Gasteiger partial charge in [-0.3, -0.25) is 5.10 Å². The minimum Gasteiger partial charge on any atom is -0.322 e. The first-order valence-electron chi connectivity index (χ1n) is 10.9. The van der Waals surface area contributed by atoms with E-state index in [9.17, 15) is 17.6 Å². The number of hydrogen-bond donors (Lipinski definition) is 3. The molecule has 1 aromatic carbocycles. The van der Waals surface area contributed by atoms with Crippen LogP contribution in [-0.2, 0) is 6.18 Å². The second-order valence-corrected chi connectivity index (χ2v) is 8.61. The summed E-state index contributed by atoms with van der Waals surface area (Å²) in [6.45, 7) is 6.03. The summed E-state index contributed by atoms with van der Waals surface area (Å²) in [5.41, 5.74) is -0.440. The first kappa shape index (κ1) is 24.2. The monoisotopic (exact) mass is 497 g/mol. The van der Waals surface area contributed by atoms with E-state index in [2.05, 4.69) is 35.7 Å². The van der Waals surface area contributed by atoms with Crippen LogP contribution in [0.25, 0.3) is 0 Å². The number of nitrogens with zero attached hydrogens (tertiary/aromatic N) is 4. The molecule has 3 aromatic rings. The van der Waals surface area contributed by atoms with Gasteiger partial charge in [0.2, 0.25) is 5.95 Å². The highest BCUT2D eigenvalue weighted by Gasteiger charge is 2.37. The smallest absolute Gasteiger partial charge is 0.322 e. The highest BCUT2D eigenvalue weighted by atomic mass is 35.5. The maximum absolute atomic E-state index is 15.0. The van der Waals surface area contributed by atoms with Crippen molar-refractivity contribution in [1.29, 1.82) is 0 Å². The summed E-state index contributed by atoms with van der Waals surface area (Å²) >= 11 is 6.12. The van der Waals surface area contributed by atoms with Crippen LogP contribution in [0.15, 0.2) is 24.4 Å². The van der Waals surface area contributed by atoms with Gasteiger partial charge < -0.3 is 15.5 Å². The van der Waals surface area contributed by atoms with E-state index >= 15 is 0 Å². The number of alkyl halides is 3. The van der Waals surface area contributed by atoms with Gasteiger partial charge in [-0.05, 0) is 63.0 Å². The first-order valence-corrected chi connectivity index (χ1v) is 11.2. The summed E-state index contributed by atoms with van der Waals surface area (Å²) in [6.07, 6.45) is -2.28. The van der Waals surface area contributed by atoms with Gasteiger partial charge in [-0.1, -0.05) is 18.5 Å². The van der Waals surface area contributed by atoms with Gasteiger partial charge in [-0.15, -0.1) is 0 Å². The van der Waals surface area contributed by atoms with Crippen LogP contribution in [-0.4, -0.2) is 44.7 Å². The zero-order valence-corrected chi connectivity index (χ0v) is 19.4. The van der Waals surface area contributed by atoms with E-state index in [0.29, 0.717) is 31.7 Å². The van der Waals surface area contributed by atoms with Crippen LogP contribution in [0.5, 0.6) is 0 Å². The molecule has 12 heteroatoms. The van der Waals surface area contributed by atoms with E-state index in [1.807, 2.05) is 13.8 Å². The van der Waals surface area contributed by atoms with E-state index in [0.717, 1.165) is 24.4 Å². The average molecular weight is 498 g/mol. The number of hydrogen-bond acceptors (Lipinski definition) is 6. The molecule has 0 spiro atoms. The number of nitrogens with one attached hydrogen (secondary N) is 3. The molecule has 4 rings (SSSR count). The molecule has 0 saturated carbocycles. The van der Waals surface area contributed by atoms with Crippen molar-refractivity contribution in [1.82, 2.24) is 25.1 Å². The molecule has 0 atom stereocenters. The van der Waals surface area contributed by atoms with E-state index in [4.69, 9.17) is 11.6 Å². The number of aryl methyl sites for hydroxylation is 1. The molecule has 0 radical (unpaired) electrons. The summed E-state index contributed by atoms with van der Waals surface area (Å²) in [5, 5.41) is 12.4. The number of anilines is 4. The van der Waals surface area contributed by atoms with E-state index < -0.39 is 17.6 Å². The van der Waals surface area contributed by atoms with Gasteiger partial charge in [0.15, 0.2) is 11.6 Å². The molecular formula is C22H24ClF4N7. The Labute approximate surface area is 198 Å². The third-order valence-corrected chi connectivity index (χ3v) is 6.14. The number of benzene rings is 1. The molecule has 0 aliphatic carbocycles. The minimum absolute atomic E-state index is 0.0143. The van der Waals surface area contributed by atoms with E-state index in [1.54, 1.807) is 6.07 Å². The van der Waals surface area contributed by atoms with Crippen molar-refractivity contribution in [2.75, 3.05) is 30.3 Å². The fraction of sp³-hybridized carbons (Fsp3) is 0.409. The summed E-state index contributed by atoms with van der Waals surface area (Å²) < 4.78 is 56.8. The number of rotatable bonds is 6. The fourth-order valence-electron chi connectivity index (χ4n) is 4.07. The number of H-pyrrole nitrogens is 1. The Morgan fingerprint density at radius 2 is 1.91 bits per heavy atom.